The average molecular weight is 339 g/mol. The van der Waals surface area contributed by atoms with Gasteiger partial charge in [0.2, 0.25) is 15.9 Å². The van der Waals surface area contributed by atoms with Crippen LogP contribution in [0, 0.1) is 0 Å². The number of sulfonamides is 1. The van der Waals surface area contributed by atoms with Crippen molar-refractivity contribution in [2.24, 2.45) is 0 Å². The minimum atomic E-state index is -3.15. The monoisotopic (exact) mass is 339 g/mol. The van der Waals surface area contributed by atoms with Gasteiger partial charge in [0.05, 0.1) is 18.8 Å². The minimum absolute atomic E-state index is 0.0332. The Bertz CT molecular complexity index is 619. The van der Waals surface area contributed by atoms with Crippen molar-refractivity contribution in [2.45, 2.75) is 19.4 Å². The van der Waals surface area contributed by atoms with Gasteiger partial charge in [-0.3, -0.25) is 9.69 Å². The number of benzene rings is 1. The van der Waals surface area contributed by atoms with E-state index in [4.69, 9.17) is 0 Å². The molecule has 0 bridgehead atoms. The summed E-state index contributed by atoms with van der Waals surface area (Å²) < 4.78 is 24.7. The number of nitrogens with one attached hydrogen (secondary N) is 1. The molecule has 1 atom stereocenters. The summed E-state index contributed by atoms with van der Waals surface area (Å²) in [5.41, 5.74) is 1.07. The van der Waals surface area contributed by atoms with Gasteiger partial charge < -0.3 is 5.32 Å². The highest BCUT2D eigenvalue weighted by molar-refractivity contribution is 7.88. The number of carbonyl (C=O) groups is 1. The van der Waals surface area contributed by atoms with Crippen molar-refractivity contribution in [3.05, 3.63) is 35.9 Å². The molecule has 1 fully saturated rings. The predicted octanol–water partition coefficient (Wildman–Crippen LogP) is 0.831. The van der Waals surface area contributed by atoms with Crippen molar-refractivity contribution >= 4 is 15.9 Å². The molecule has 0 spiro atoms. The van der Waals surface area contributed by atoms with Crippen LogP contribution in [0.15, 0.2) is 30.3 Å². The van der Waals surface area contributed by atoms with Gasteiger partial charge in [-0.05, 0) is 25.5 Å². The Balaban J connectivity index is 1.84. The average Bonchev–Trinajstić information content (AvgIpc) is 2.73. The van der Waals surface area contributed by atoms with E-state index in [-0.39, 0.29) is 11.9 Å². The Labute approximate surface area is 138 Å². The van der Waals surface area contributed by atoms with Crippen molar-refractivity contribution in [2.75, 3.05) is 39.0 Å². The zero-order chi connectivity index (χ0) is 16.9. The lowest BCUT2D eigenvalue weighted by Gasteiger charge is -2.21. The van der Waals surface area contributed by atoms with Crippen molar-refractivity contribution in [3.8, 4) is 0 Å². The first kappa shape index (κ1) is 17.9. The quantitative estimate of drug-likeness (QED) is 0.863. The minimum Gasteiger partial charge on any atom is -0.348 e. The van der Waals surface area contributed by atoms with Crippen LogP contribution < -0.4 is 5.32 Å². The van der Waals surface area contributed by atoms with Crippen molar-refractivity contribution < 1.29 is 13.2 Å². The Hall–Kier alpha value is -1.44. The second-order valence-electron chi connectivity index (χ2n) is 5.99. The van der Waals surface area contributed by atoms with Gasteiger partial charge in [0.25, 0.3) is 0 Å². The molecule has 23 heavy (non-hydrogen) atoms. The highest BCUT2D eigenvalue weighted by Crippen LogP contribution is 2.11. The van der Waals surface area contributed by atoms with Gasteiger partial charge in [-0.2, -0.15) is 0 Å². The third kappa shape index (κ3) is 5.60. The molecule has 1 aromatic carbocycles. The summed E-state index contributed by atoms with van der Waals surface area (Å²) in [6.07, 6.45) is 1.98. The lowest BCUT2D eigenvalue weighted by molar-refractivity contribution is -0.122. The number of hydrogen-bond donors (Lipinski definition) is 1. The molecular weight excluding hydrogens is 314 g/mol. The van der Waals surface area contributed by atoms with E-state index < -0.39 is 10.0 Å². The number of hydrogen-bond acceptors (Lipinski definition) is 4. The van der Waals surface area contributed by atoms with Gasteiger partial charge in [-0.25, -0.2) is 12.7 Å². The largest absolute Gasteiger partial charge is 0.348 e. The van der Waals surface area contributed by atoms with Gasteiger partial charge in [-0.1, -0.05) is 30.3 Å². The number of rotatable bonds is 5. The van der Waals surface area contributed by atoms with Crippen LogP contribution in [0.3, 0.4) is 0 Å². The lowest BCUT2D eigenvalue weighted by Crippen LogP contribution is -2.40. The highest BCUT2D eigenvalue weighted by Gasteiger charge is 2.22. The molecule has 1 amide bonds. The van der Waals surface area contributed by atoms with Crippen LogP contribution in [-0.2, 0) is 14.8 Å². The smallest absolute Gasteiger partial charge is 0.234 e. The fraction of sp³-hybridized carbons (Fsp3) is 0.562. The molecule has 1 saturated heterocycles. The molecule has 1 aliphatic rings. The Morgan fingerprint density at radius 3 is 2.52 bits per heavy atom. The molecule has 2 rings (SSSR count). The number of carbonyl (C=O) groups excluding carboxylic acids is 1. The predicted molar refractivity (Wildman–Crippen MR) is 90.5 cm³/mol. The first-order valence-electron chi connectivity index (χ1n) is 7.88. The maximum absolute atomic E-state index is 12.2. The molecule has 1 aromatic rings. The molecule has 0 aromatic heterocycles. The topological polar surface area (TPSA) is 69.7 Å². The van der Waals surface area contributed by atoms with Crippen molar-refractivity contribution in [1.29, 1.82) is 0 Å². The molecule has 0 saturated carbocycles. The van der Waals surface area contributed by atoms with Gasteiger partial charge in [0, 0.05) is 19.6 Å². The van der Waals surface area contributed by atoms with Crippen molar-refractivity contribution in [3.63, 3.8) is 0 Å². The zero-order valence-corrected chi connectivity index (χ0v) is 14.6. The van der Waals surface area contributed by atoms with E-state index in [1.165, 1.54) is 10.6 Å². The SMILES string of the molecule is CC(NC(=O)CN1CCCN(S(C)(=O)=O)CC1)c1ccccc1. The lowest BCUT2D eigenvalue weighted by atomic mass is 10.1. The Morgan fingerprint density at radius 1 is 1.17 bits per heavy atom. The van der Waals surface area contributed by atoms with Crippen LogP contribution in [0.5, 0.6) is 0 Å². The van der Waals surface area contributed by atoms with E-state index in [2.05, 4.69) is 5.32 Å². The van der Waals surface area contributed by atoms with E-state index >= 15 is 0 Å². The highest BCUT2D eigenvalue weighted by atomic mass is 32.2. The zero-order valence-electron chi connectivity index (χ0n) is 13.7. The maximum Gasteiger partial charge on any atom is 0.234 e. The molecule has 0 aliphatic carbocycles. The molecule has 128 valence electrons. The molecular formula is C16H25N3O3S. The van der Waals surface area contributed by atoms with E-state index in [0.717, 1.165) is 18.5 Å². The van der Waals surface area contributed by atoms with Crippen LogP contribution in [0.4, 0.5) is 0 Å². The summed E-state index contributed by atoms with van der Waals surface area (Å²) in [5.74, 6) is -0.0332. The Kier molecular flexibility index (Phi) is 6.15. The van der Waals surface area contributed by atoms with Gasteiger partial charge >= 0.3 is 0 Å². The van der Waals surface area contributed by atoms with Crippen molar-refractivity contribution in [1.82, 2.24) is 14.5 Å². The summed E-state index contributed by atoms with van der Waals surface area (Å²) in [5, 5.41) is 2.99. The van der Waals surface area contributed by atoms with Crippen LogP contribution in [0.1, 0.15) is 24.9 Å². The van der Waals surface area contributed by atoms with E-state index in [1.807, 2.05) is 42.2 Å². The molecule has 0 radical (unpaired) electrons. The van der Waals surface area contributed by atoms with Gasteiger partial charge in [0.15, 0.2) is 0 Å². The molecule has 1 unspecified atom stereocenters. The molecule has 1 aliphatic heterocycles. The summed E-state index contributed by atoms with van der Waals surface area (Å²) >= 11 is 0. The second kappa shape index (κ2) is 7.90. The summed E-state index contributed by atoms with van der Waals surface area (Å²) in [6.45, 7) is 4.55. The van der Waals surface area contributed by atoms with Gasteiger partial charge in [0.1, 0.15) is 0 Å². The third-order valence-corrected chi connectivity index (χ3v) is 5.36. The first-order valence-corrected chi connectivity index (χ1v) is 9.73. The normalized spacial score (nSPS) is 19.0. The number of amides is 1. The first-order chi connectivity index (χ1) is 10.9. The molecule has 1 heterocycles. The summed E-state index contributed by atoms with van der Waals surface area (Å²) in [6, 6.07) is 9.78. The van der Waals surface area contributed by atoms with Crippen LogP contribution >= 0.6 is 0 Å². The van der Waals surface area contributed by atoms with E-state index in [0.29, 0.717) is 26.2 Å². The fourth-order valence-corrected chi connectivity index (χ4v) is 3.63. The van der Waals surface area contributed by atoms with Crippen LogP contribution in [0.2, 0.25) is 0 Å². The van der Waals surface area contributed by atoms with E-state index in [9.17, 15) is 13.2 Å². The Morgan fingerprint density at radius 2 is 1.87 bits per heavy atom. The third-order valence-electron chi connectivity index (χ3n) is 4.06. The molecule has 1 N–H and O–H groups in total. The van der Waals surface area contributed by atoms with Crippen LogP contribution in [0.25, 0.3) is 0 Å². The maximum atomic E-state index is 12.2. The number of nitrogens with zero attached hydrogens (tertiary/aromatic N) is 2. The second-order valence-corrected chi connectivity index (χ2v) is 7.97. The van der Waals surface area contributed by atoms with Gasteiger partial charge in [-0.15, -0.1) is 0 Å². The molecule has 6 nitrogen and oxygen atoms in total. The molecule has 7 heteroatoms. The standard InChI is InChI=1S/C16H25N3O3S/c1-14(15-7-4-3-5-8-15)17-16(20)13-18-9-6-10-19(12-11-18)23(2,21)22/h3-5,7-8,14H,6,9-13H2,1-2H3,(H,17,20). The fourth-order valence-electron chi connectivity index (χ4n) is 2.75. The summed E-state index contributed by atoms with van der Waals surface area (Å²) in [7, 11) is -3.15. The summed E-state index contributed by atoms with van der Waals surface area (Å²) in [4.78, 5) is 14.2. The van der Waals surface area contributed by atoms with Crippen LogP contribution in [-0.4, -0.2) is 62.5 Å². The van der Waals surface area contributed by atoms with E-state index in [1.54, 1.807) is 0 Å².